The first-order valence-corrected chi connectivity index (χ1v) is 5.56. The molecule has 0 radical (unpaired) electrons. The highest BCUT2D eigenvalue weighted by atomic mass is 16.4. The summed E-state index contributed by atoms with van der Waals surface area (Å²) in [6, 6.07) is -0.734. The lowest BCUT2D eigenvalue weighted by atomic mass is 10.0. The highest BCUT2D eigenvalue weighted by molar-refractivity contribution is 5.84. The Morgan fingerprint density at radius 2 is 1.73 bits per heavy atom. The van der Waals surface area contributed by atoms with Crippen molar-refractivity contribution in [2.75, 3.05) is 0 Å². The fraction of sp³-hybridized carbons (Fsp3) is 0.818. The van der Waals surface area contributed by atoms with Gasteiger partial charge in [0, 0.05) is 5.92 Å². The lowest BCUT2D eigenvalue weighted by Crippen LogP contribution is -2.43. The van der Waals surface area contributed by atoms with Gasteiger partial charge in [-0.25, -0.2) is 4.79 Å². The van der Waals surface area contributed by atoms with Crippen molar-refractivity contribution in [3.63, 3.8) is 0 Å². The zero-order valence-corrected chi connectivity index (χ0v) is 9.75. The molecule has 4 nitrogen and oxygen atoms in total. The molecule has 0 aliphatic carbocycles. The molecular weight excluding hydrogens is 194 g/mol. The van der Waals surface area contributed by atoms with E-state index in [1.807, 2.05) is 20.8 Å². The van der Waals surface area contributed by atoms with Crippen molar-refractivity contribution in [2.45, 2.75) is 52.5 Å². The Balaban J connectivity index is 4.15. The third-order valence-electron chi connectivity index (χ3n) is 2.36. The van der Waals surface area contributed by atoms with Crippen LogP contribution >= 0.6 is 0 Å². The van der Waals surface area contributed by atoms with Gasteiger partial charge >= 0.3 is 5.97 Å². The molecule has 0 aromatic heterocycles. The molecule has 0 aromatic carbocycles. The van der Waals surface area contributed by atoms with Gasteiger partial charge in [0.15, 0.2) is 0 Å². The van der Waals surface area contributed by atoms with Crippen molar-refractivity contribution < 1.29 is 14.7 Å². The van der Waals surface area contributed by atoms with Crippen LogP contribution in [0.4, 0.5) is 0 Å². The first-order chi connectivity index (χ1) is 7.02. The van der Waals surface area contributed by atoms with E-state index < -0.39 is 12.0 Å². The summed E-state index contributed by atoms with van der Waals surface area (Å²) in [6.07, 6.45) is 2.96. The van der Waals surface area contributed by atoms with Crippen molar-refractivity contribution >= 4 is 11.9 Å². The first kappa shape index (κ1) is 13.9. The van der Waals surface area contributed by atoms with Crippen LogP contribution in [0.15, 0.2) is 0 Å². The number of rotatable bonds is 7. The summed E-state index contributed by atoms with van der Waals surface area (Å²) < 4.78 is 0. The quantitative estimate of drug-likeness (QED) is 0.680. The number of carbonyl (C=O) groups is 2. The van der Waals surface area contributed by atoms with Gasteiger partial charge in [0.25, 0.3) is 0 Å². The minimum absolute atomic E-state index is 0.103. The van der Waals surface area contributed by atoms with E-state index in [4.69, 9.17) is 5.11 Å². The Bertz CT molecular complexity index is 216. The fourth-order valence-corrected chi connectivity index (χ4v) is 1.42. The maximum absolute atomic E-state index is 11.5. The van der Waals surface area contributed by atoms with Gasteiger partial charge in [-0.05, 0) is 12.8 Å². The predicted octanol–water partition coefficient (Wildman–Crippen LogP) is 1.79. The Kier molecular flexibility index (Phi) is 6.75. The van der Waals surface area contributed by atoms with Crippen LogP contribution in [0.2, 0.25) is 0 Å². The number of nitrogens with one attached hydrogen (secondary N) is 1. The van der Waals surface area contributed by atoms with Crippen LogP contribution in [0, 0.1) is 5.92 Å². The van der Waals surface area contributed by atoms with E-state index in [2.05, 4.69) is 5.32 Å². The van der Waals surface area contributed by atoms with Crippen molar-refractivity contribution in [1.29, 1.82) is 0 Å². The Morgan fingerprint density at radius 1 is 1.20 bits per heavy atom. The van der Waals surface area contributed by atoms with Crippen LogP contribution in [0.5, 0.6) is 0 Å². The largest absolute Gasteiger partial charge is 0.480 e. The number of hydrogen-bond donors (Lipinski definition) is 2. The summed E-state index contributed by atoms with van der Waals surface area (Å²) in [7, 11) is 0. The van der Waals surface area contributed by atoms with Gasteiger partial charge in [-0.3, -0.25) is 4.79 Å². The fourth-order valence-electron chi connectivity index (χ4n) is 1.42. The lowest BCUT2D eigenvalue weighted by molar-refractivity contribution is -0.142. The van der Waals surface area contributed by atoms with Crippen LogP contribution in [0.25, 0.3) is 0 Å². The van der Waals surface area contributed by atoms with Crippen LogP contribution in [0.3, 0.4) is 0 Å². The number of hydrogen-bond acceptors (Lipinski definition) is 2. The van der Waals surface area contributed by atoms with Crippen molar-refractivity contribution in [3.05, 3.63) is 0 Å². The summed E-state index contributed by atoms with van der Waals surface area (Å²) >= 11 is 0. The van der Waals surface area contributed by atoms with Gasteiger partial charge in [0.1, 0.15) is 6.04 Å². The molecule has 0 aromatic rings. The zero-order valence-electron chi connectivity index (χ0n) is 9.75. The molecular formula is C11H21NO3. The Labute approximate surface area is 91.1 Å². The minimum Gasteiger partial charge on any atom is -0.480 e. The smallest absolute Gasteiger partial charge is 0.326 e. The topological polar surface area (TPSA) is 66.4 Å². The number of aliphatic carboxylic acids is 1. The molecule has 0 rings (SSSR count). The van der Waals surface area contributed by atoms with Crippen molar-refractivity contribution in [1.82, 2.24) is 5.32 Å². The lowest BCUT2D eigenvalue weighted by Gasteiger charge is -2.16. The molecule has 0 bridgehead atoms. The van der Waals surface area contributed by atoms with E-state index in [-0.39, 0.29) is 11.8 Å². The molecule has 15 heavy (non-hydrogen) atoms. The SMILES string of the molecule is CCC[C@H](NC(=O)[C@@H](C)CCC)C(=O)O. The molecule has 88 valence electrons. The summed E-state index contributed by atoms with van der Waals surface area (Å²) in [5, 5.41) is 11.4. The molecule has 0 heterocycles. The predicted molar refractivity (Wildman–Crippen MR) is 58.5 cm³/mol. The minimum atomic E-state index is -0.950. The molecule has 0 spiro atoms. The van der Waals surface area contributed by atoms with E-state index in [0.717, 1.165) is 19.3 Å². The summed E-state index contributed by atoms with van der Waals surface area (Å²) in [4.78, 5) is 22.3. The third-order valence-corrected chi connectivity index (χ3v) is 2.36. The van der Waals surface area contributed by atoms with Crippen molar-refractivity contribution in [2.24, 2.45) is 5.92 Å². The van der Waals surface area contributed by atoms with E-state index in [0.29, 0.717) is 6.42 Å². The van der Waals surface area contributed by atoms with E-state index in [1.165, 1.54) is 0 Å². The van der Waals surface area contributed by atoms with E-state index in [9.17, 15) is 9.59 Å². The second-order valence-corrected chi connectivity index (χ2v) is 3.88. The van der Waals surface area contributed by atoms with E-state index in [1.54, 1.807) is 0 Å². The molecule has 4 heteroatoms. The first-order valence-electron chi connectivity index (χ1n) is 5.56. The van der Waals surface area contributed by atoms with E-state index >= 15 is 0 Å². The number of carboxylic acids is 1. The Morgan fingerprint density at radius 3 is 2.13 bits per heavy atom. The van der Waals surface area contributed by atoms with Crippen molar-refractivity contribution in [3.8, 4) is 0 Å². The normalized spacial score (nSPS) is 14.3. The molecule has 0 aliphatic heterocycles. The maximum atomic E-state index is 11.5. The number of amides is 1. The molecule has 0 saturated heterocycles. The van der Waals surface area contributed by atoms with Gasteiger partial charge in [0.05, 0.1) is 0 Å². The van der Waals surface area contributed by atoms with Crippen LogP contribution < -0.4 is 5.32 Å². The Hall–Kier alpha value is -1.06. The van der Waals surface area contributed by atoms with Crippen LogP contribution in [-0.2, 0) is 9.59 Å². The maximum Gasteiger partial charge on any atom is 0.326 e. The van der Waals surface area contributed by atoms with Crippen LogP contribution in [-0.4, -0.2) is 23.0 Å². The second-order valence-electron chi connectivity index (χ2n) is 3.88. The van der Waals surface area contributed by atoms with Gasteiger partial charge in [-0.15, -0.1) is 0 Å². The summed E-state index contributed by atoms with van der Waals surface area (Å²) in [5.74, 6) is -1.21. The molecule has 1 amide bonds. The monoisotopic (exact) mass is 215 g/mol. The zero-order chi connectivity index (χ0) is 11.8. The van der Waals surface area contributed by atoms with Gasteiger partial charge in [-0.1, -0.05) is 33.6 Å². The molecule has 0 saturated carbocycles. The third kappa shape index (κ3) is 5.40. The second kappa shape index (κ2) is 7.26. The summed E-state index contributed by atoms with van der Waals surface area (Å²) in [5.41, 5.74) is 0. The highest BCUT2D eigenvalue weighted by Crippen LogP contribution is 2.06. The average Bonchev–Trinajstić information content (AvgIpc) is 2.17. The number of carboxylic acid groups (broad SMARTS) is 1. The van der Waals surface area contributed by atoms with Gasteiger partial charge < -0.3 is 10.4 Å². The molecule has 2 atom stereocenters. The standard InChI is InChI=1S/C11H21NO3/c1-4-6-8(3)10(13)12-9(7-5-2)11(14)15/h8-9H,4-7H2,1-3H3,(H,12,13)(H,14,15)/t8-,9-/m0/s1. The van der Waals surface area contributed by atoms with Gasteiger partial charge in [0.2, 0.25) is 5.91 Å². The molecule has 0 unspecified atom stereocenters. The molecule has 0 aliphatic rings. The average molecular weight is 215 g/mol. The summed E-state index contributed by atoms with van der Waals surface area (Å²) in [6.45, 7) is 5.73. The van der Waals surface area contributed by atoms with Gasteiger partial charge in [-0.2, -0.15) is 0 Å². The molecule has 0 fully saturated rings. The number of carbonyl (C=O) groups excluding carboxylic acids is 1. The van der Waals surface area contributed by atoms with Crippen LogP contribution in [0.1, 0.15) is 46.5 Å². The molecule has 2 N–H and O–H groups in total. The highest BCUT2D eigenvalue weighted by Gasteiger charge is 2.21.